The van der Waals surface area contributed by atoms with Crippen LogP contribution in [0.15, 0.2) is 35.5 Å². The van der Waals surface area contributed by atoms with Crippen LogP contribution in [-0.4, -0.2) is 52.0 Å². The maximum Gasteiger partial charge on any atom is 0.230 e. The van der Waals surface area contributed by atoms with Crippen LogP contribution >= 0.6 is 11.8 Å². The monoisotopic (exact) mass is 332 g/mol. The van der Waals surface area contributed by atoms with E-state index in [-0.39, 0.29) is 5.91 Å². The first-order valence-electron chi connectivity index (χ1n) is 7.67. The van der Waals surface area contributed by atoms with Gasteiger partial charge in [0.05, 0.1) is 11.8 Å². The van der Waals surface area contributed by atoms with Crippen molar-refractivity contribution in [1.82, 2.24) is 25.5 Å². The number of thioether (sulfide) groups is 1. The van der Waals surface area contributed by atoms with Gasteiger partial charge in [-0.2, -0.15) is 0 Å². The zero-order chi connectivity index (χ0) is 16.1. The highest BCUT2D eigenvalue weighted by atomic mass is 32.2. The maximum absolute atomic E-state index is 11.9. The molecule has 23 heavy (non-hydrogen) atoms. The highest BCUT2D eigenvalue weighted by molar-refractivity contribution is 7.99. The predicted molar refractivity (Wildman–Crippen MR) is 89.5 cm³/mol. The van der Waals surface area contributed by atoms with Gasteiger partial charge in [-0.25, -0.2) is 4.68 Å². The highest BCUT2D eigenvalue weighted by Crippen LogP contribution is 2.36. The average molecular weight is 332 g/mol. The summed E-state index contributed by atoms with van der Waals surface area (Å²) in [7, 11) is 2.01. The van der Waals surface area contributed by atoms with E-state index >= 15 is 0 Å². The third kappa shape index (κ3) is 4.44. The molecule has 122 valence electrons. The Hall–Kier alpha value is -2.09. The van der Waals surface area contributed by atoms with Crippen LogP contribution in [-0.2, 0) is 4.79 Å². The second-order valence-corrected chi connectivity index (χ2v) is 6.48. The minimum atomic E-state index is 0.00167. The summed E-state index contributed by atoms with van der Waals surface area (Å²) in [6.45, 7) is 1.37. The number of carbonyl (C=O) groups is 1. The van der Waals surface area contributed by atoms with Gasteiger partial charge in [0.25, 0.3) is 0 Å². The first kappa shape index (κ1) is 15.8. The number of carbonyl (C=O) groups excluding carboxylic acids is 1. The third-order valence-corrected chi connectivity index (χ3v) is 4.59. The number of likely N-dealkylation sites (N-methyl/N-ethyl adjacent to an activating group) is 1. The van der Waals surface area contributed by atoms with Crippen molar-refractivity contribution < 1.29 is 4.79 Å². The van der Waals surface area contributed by atoms with Crippen LogP contribution in [0.2, 0.25) is 0 Å². The molecular formula is C15H20N6OS. The van der Waals surface area contributed by atoms with Crippen LogP contribution in [0.4, 0.5) is 5.69 Å². The zero-order valence-corrected chi connectivity index (χ0v) is 13.9. The first-order valence-corrected chi connectivity index (χ1v) is 8.66. The van der Waals surface area contributed by atoms with E-state index in [4.69, 9.17) is 0 Å². The molecule has 3 rings (SSSR count). The van der Waals surface area contributed by atoms with E-state index in [2.05, 4.69) is 37.9 Å². The Morgan fingerprint density at radius 1 is 1.39 bits per heavy atom. The van der Waals surface area contributed by atoms with E-state index in [0.717, 1.165) is 30.2 Å². The van der Waals surface area contributed by atoms with E-state index in [0.29, 0.717) is 18.3 Å². The zero-order valence-electron chi connectivity index (χ0n) is 13.1. The van der Waals surface area contributed by atoms with Crippen molar-refractivity contribution in [2.24, 2.45) is 0 Å². The summed E-state index contributed by atoms with van der Waals surface area (Å²) in [6, 6.07) is 10.5. The Labute approximate surface area is 139 Å². The Bertz CT molecular complexity index is 642. The fourth-order valence-corrected chi connectivity index (χ4v) is 2.96. The molecule has 1 N–H and O–H groups in total. The summed E-state index contributed by atoms with van der Waals surface area (Å²) < 4.78 is 1.82. The molecule has 1 heterocycles. The molecule has 0 spiro atoms. The van der Waals surface area contributed by atoms with Crippen molar-refractivity contribution in [3.8, 4) is 0 Å². The Balaban J connectivity index is 1.37. The minimum absolute atomic E-state index is 0.00167. The van der Waals surface area contributed by atoms with E-state index in [1.807, 2.05) is 29.9 Å². The van der Waals surface area contributed by atoms with Gasteiger partial charge < -0.3 is 10.2 Å². The number of rotatable bonds is 8. The molecule has 0 saturated heterocycles. The molecule has 0 radical (unpaired) electrons. The molecule has 0 unspecified atom stereocenters. The van der Waals surface area contributed by atoms with Gasteiger partial charge >= 0.3 is 0 Å². The molecule has 1 aliphatic rings. The fraction of sp³-hybridized carbons (Fsp3) is 0.467. The molecule has 1 fully saturated rings. The van der Waals surface area contributed by atoms with Crippen molar-refractivity contribution in [3.63, 3.8) is 0 Å². The molecule has 0 atom stereocenters. The van der Waals surface area contributed by atoms with Gasteiger partial charge in [0.1, 0.15) is 0 Å². The Kier molecular flexibility index (Phi) is 5.12. The lowest BCUT2D eigenvalue weighted by Crippen LogP contribution is -2.33. The normalized spacial score (nSPS) is 13.8. The van der Waals surface area contributed by atoms with Gasteiger partial charge in [0.2, 0.25) is 11.1 Å². The lowest BCUT2D eigenvalue weighted by atomic mass is 10.3. The fourth-order valence-electron chi connectivity index (χ4n) is 2.18. The van der Waals surface area contributed by atoms with E-state index in [1.54, 1.807) is 0 Å². The van der Waals surface area contributed by atoms with Crippen molar-refractivity contribution in [2.45, 2.75) is 24.0 Å². The number of amides is 1. The van der Waals surface area contributed by atoms with Crippen molar-refractivity contribution >= 4 is 23.4 Å². The predicted octanol–water partition coefficient (Wildman–Crippen LogP) is 1.35. The average Bonchev–Trinajstić information content (AvgIpc) is 3.32. The number of benzene rings is 1. The summed E-state index contributed by atoms with van der Waals surface area (Å²) in [5.74, 6) is 0.337. The highest BCUT2D eigenvalue weighted by Gasteiger charge is 2.28. The second kappa shape index (κ2) is 7.45. The smallest absolute Gasteiger partial charge is 0.230 e. The van der Waals surface area contributed by atoms with Crippen molar-refractivity contribution in [3.05, 3.63) is 30.3 Å². The molecule has 1 aliphatic carbocycles. The molecule has 0 bridgehead atoms. The largest absolute Gasteiger partial charge is 0.373 e. The summed E-state index contributed by atoms with van der Waals surface area (Å²) in [6.07, 6.45) is 2.24. The van der Waals surface area contributed by atoms with Crippen molar-refractivity contribution in [2.75, 3.05) is 30.8 Å². The van der Waals surface area contributed by atoms with Crippen LogP contribution in [0, 0.1) is 0 Å². The number of nitrogens with zero attached hydrogens (tertiary/aromatic N) is 5. The summed E-state index contributed by atoms with van der Waals surface area (Å²) >= 11 is 1.39. The summed E-state index contributed by atoms with van der Waals surface area (Å²) in [5.41, 5.74) is 1.14. The van der Waals surface area contributed by atoms with Gasteiger partial charge in [-0.15, -0.1) is 5.10 Å². The van der Waals surface area contributed by atoms with E-state index in [1.165, 1.54) is 11.8 Å². The first-order chi connectivity index (χ1) is 11.2. The Morgan fingerprint density at radius 3 is 2.91 bits per heavy atom. The molecule has 0 aliphatic heterocycles. The standard InChI is InChI=1S/C15H20N6OS/c1-20(12-5-3-2-4-6-12)10-9-16-14(22)11-23-15-17-18-19-21(15)13-7-8-13/h2-6,13H,7-11H2,1H3,(H,16,22). The Morgan fingerprint density at radius 2 is 2.17 bits per heavy atom. The molecule has 1 aromatic carbocycles. The van der Waals surface area contributed by atoms with E-state index in [9.17, 15) is 4.79 Å². The molecule has 2 aromatic rings. The van der Waals surface area contributed by atoms with Crippen LogP contribution in [0.3, 0.4) is 0 Å². The number of tetrazole rings is 1. The quantitative estimate of drug-likeness (QED) is 0.736. The molecule has 7 nitrogen and oxygen atoms in total. The number of para-hydroxylation sites is 1. The summed E-state index contributed by atoms with van der Waals surface area (Å²) in [5, 5.41) is 15.3. The van der Waals surface area contributed by atoms with Crippen LogP contribution < -0.4 is 10.2 Å². The molecular weight excluding hydrogens is 312 g/mol. The molecule has 1 saturated carbocycles. The summed E-state index contributed by atoms with van der Waals surface area (Å²) in [4.78, 5) is 14.0. The van der Waals surface area contributed by atoms with Gasteiger partial charge in [0.15, 0.2) is 0 Å². The lowest BCUT2D eigenvalue weighted by Gasteiger charge is -2.19. The van der Waals surface area contributed by atoms with Gasteiger partial charge in [-0.3, -0.25) is 4.79 Å². The van der Waals surface area contributed by atoms with Crippen LogP contribution in [0.5, 0.6) is 0 Å². The lowest BCUT2D eigenvalue weighted by molar-refractivity contribution is -0.118. The SMILES string of the molecule is CN(CCNC(=O)CSc1nnnn1C1CC1)c1ccccc1. The number of aromatic nitrogens is 4. The van der Waals surface area contributed by atoms with Gasteiger partial charge in [0, 0.05) is 25.8 Å². The molecule has 1 amide bonds. The number of nitrogens with one attached hydrogen (secondary N) is 1. The molecule has 8 heteroatoms. The second-order valence-electron chi connectivity index (χ2n) is 5.53. The number of hydrogen-bond donors (Lipinski definition) is 1. The maximum atomic E-state index is 11.9. The van der Waals surface area contributed by atoms with Gasteiger partial charge in [-0.05, 0) is 35.4 Å². The van der Waals surface area contributed by atoms with Gasteiger partial charge in [-0.1, -0.05) is 30.0 Å². The van der Waals surface area contributed by atoms with Crippen molar-refractivity contribution in [1.29, 1.82) is 0 Å². The number of hydrogen-bond acceptors (Lipinski definition) is 6. The van der Waals surface area contributed by atoms with Crippen LogP contribution in [0.1, 0.15) is 18.9 Å². The number of anilines is 1. The topological polar surface area (TPSA) is 75.9 Å². The van der Waals surface area contributed by atoms with Crippen LogP contribution in [0.25, 0.3) is 0 Å². The minimum Gasteiger partial charge on any atom is -0.373 e. The third-order valence-electron chi connectivity index (χ3n) is 3.65. The molecule has 1 aromatic heterocycles. The van der Waals surface area contributed by atoms with E-state index < -0.39 is 0 Å².